The second kappa shape index (κ2) is 10.9. The summed E-state index contributed by atoms with van der Waals surface area (Å²) in [7, 11) is 0. The van der Waals surface area contributed by atoms with Crippen LogP contribution in [0.25, 0.3) is 77.2 Å². The number of benzene rings is 7. The monoisotopic (exact) mass is 610 g/mol. The minimum absolute atomic E-state index is 0.611. The number of rotatable bonds is 4. The van der Waals surface area contributed by atoms with Crippen molar-refractivity contribution in [3.8, 4) is 45.8 Å². The summed E-state index contributed by atoms with van der Waals surface area (Å²) >= 11 is 0. The van der Waals surface area contributed by atoms with Crippen LogP contribution in [0.2, 0.25) is 0 Å². The fourth-order valence-corrected chi connectivity index (χ4v) is 7.24. The van der Waals surface area contributed by atoms with Gasteiger partial charge in [0, 0.05) is 27.1 Å². The van der Waals surface area contributed by atoms with Gasteiger partial charge in [0.05, 0.1) is 50.6 Å². The lowest BCUT2D eigenvalue weighted by atomic mass is 9.97. The molecule has 2 aromatic heterocycles. The van der Waals surface area contributed by atoms with Gasteiger partial charge in [-0.15, -0.1) is 0 Å². The van der Waals surface area contributed by atoms with Gasteiger partial charge >= 0.3 is 0 Å². The molecule has 2 heterocycles. The third-order valence-electron chi connectivity index (χ3n) is 9.42. The minimum Gasteiger partial charge on any atom is -0.309 e. The molecule has 0 aliphatic rings. The molecule has 0 amide bonds. The van der Waals surface area contributed by atoms with Crippen molar-refractivity contribution < 1.29 is 0 Å². The maximum Gasteiger partial charge on any atom is 0.101 e. The van der Waals surface area contributed by atoms with Crippen molar-refractivity contribution in [2.24, 2.45) is 0 Å². The fraction of sp³-hybridized carbons (Fsp3) is 0. The first kappa shape index (κ1) is 27.4. The summed E-state index contributed by atoms with van der Waals surface area (Å²) in [5.74, 6) is 0. The third kappa shape index (κ3) is 4.14. The topological polar surface area (TPSA) is 57.4 Å². The van der Waals surface area contributed by atoms with E-state index in [1.165, 1.54) is 21.5 Å². The van der Waals surface area contributed by atoms with Crippen LogP contribution in [0, 0.1) is 22.7 Å². The van der Waals surface area contributed by atoms with Crippen LogP contribution in [-0.2, 0) is 0 Å². The number of nitriles is 2. The summed E-state index contributed by atoms with van der Waals surface area (Å²) in [4.78, 5) is 0. The molecule has 0 N–H and O–H groups in total. The van der Waals surface area contributed by atoms with E-state index in [2.05, 4.69) is 143 Å². The first-order valence-electron chi connectivity index (χ1n) is 15.9. The Kier molecular flexibility index (Phi) is 6.22. The quantitative estimate of drug-likeness (QED) is 0.199. The lowest BCUT2D eigenvalue weighted by molar-refractivity contribution is 1.17. The molecule has 0 saturated heterocycles. The summed E-state index contributed by atoms with van der Waals surface area (Å²) in [6.07, 6.45) is 0. The molecule has 0 bridgehead atoms. The normalized spacial score (nSPS) is 11.3. The summed E-state index contributed by atoms with van der Waals surface area (Å²) in [5.41, 5.74) is 11.5. The SMILES string of the molecule is N#Cc1ccc(-c2ccc(-c3ccc(-n4c5ccccc5c5ccccc54)c(C#N)c3)cc2)c(-n2c3ccccc3c3ccccc32)c1. The highest BCUT2D eigenvalue weighted by Crippen LogP contribution is 2.38. The van der Waals surface area contributed by atoms with Crippen molar-refractivity contribution in [2.75, 3.05) is 0 Å². The minimum atomic E-state index is 0.611. The molecule has 48 heavy (non-hydrogen) atoms. The van der Waals surface area contributed by atoms with Crippen LogP contribution in [0.3, 0.4) is 0 Å². The second-order valence-electron chi connectivity index (χ2n) is 12.0. The van der Waals surface area contributed by atoms with Gasteiger partial charge in [0.15, 0.2) is 0 Å². The zero-order chi connectivity index (χ0) is 32.2. The molecule has 0 spiro atoms. The fourth-order valence-electron chi connectivity index (χ4n) is 7.24. The Morgan fingerprint density at radius 3 is 1.33 bits per heavy atom. The molecule has 4 heteroatoms. The van der Waals surface area contributed by atoms with Crippen LogP contribution in [0.5, 0.6) is 0 Å². The largest absolute Gasteiger partial charge is 0.309 e. The van der Waals surface area contributed by atoms with Gasteiger partial charge in [-0.1, -0.05) is 109 Å². The molecule has 0 aliphatic carbocycles. The highest BCUT2D eigenvalue weighted by molar-refractivity contribution is 6.10. The summed E-state index contributed by atoms with van der Waals surface area (Å²) < 4.78 is 4.46. The summed E-state index contributed by atoms with van der Waals surface area (Å²) in [6.45, 7) is 0. The first-order chi connectivity index (χ1) is 23.7. The molecule has 0 aliphatic heterocycles. The molecule has 9 rings (SSSR count). The van der Waals surface area contributed by atoms with Crippen molar-refractivity contribution >= 4 is 43.6 Å². The van der Waals surface area contributed by atoms with E-state index >= 15 is 0 Å². The van der Waals surface area contributed by atoms with E-state index in [0.29, 0.717) is 11.1 Å². The number of nitrogens with zero attached hydrogens (tertiary/aromatic N) is 4. The van der Waals surface area contributed by atoms with E-state index in [1.807, 2.05) is 36.4 Å². The Hall–Kier alpha value is -6.88. The molecule has 0 radical (unpaired) electrons. The Balaban J connectivity index is 1.15. The number of para-hydroxylation sites is 4. The van der Waals surface area contributed by atoms with Crippen molar-refractivity contribution in [3.05, 3.63) is 169 Å². The Bertz CT molecular complexity index is 2690. The lowest BCUT2D eigenvalue weighted by Gasteiger charge is -2.15. The van der Waals surface area contributed by atoms with Crippen LogP contribution < -0.4 is 0 Å². The number of fused-ring (bicyclic) bond motifs is 6. The molecule has 7 aromatic carbocycles. The van der Waals surface area contributed by atoms with E-state index in [9.17, 15) is 10.5 Å². The average Bonchev–Trinajstić information content (AvgIpc) is 3.67. The van der Waals surface area contributed by atoms with E-state index in [1.54, 1.807) is 0 Å². The van der Waals surface area contributed by atoms with Crippen LogP contribution >= 0.6 is 0 Å². The number of hydrogen-bond acceptors (Lipinski definition) is 2. The second-order valence-corrected chi connectivity index (χ2v) is 12.0. The Morgan fingerprint density at radius 2 is 0.833 bits per heavy atom. The molecule has 9 aromatic rings. The smallest absolute Gasteiger partial charge is 0.101 e. The predicted octanol–water partition coefficient (Wildman–Crippen LogP) is 11.0. The van der Waals surface area contributed by atoms with E-state index < -0.39 is 0 Å². The van der Waals surface area contributed by atoms with Crippen molar-refractivity contribution in [1.82, 2.24) is 9.13 Å². The molecule has 222 valence electrons. The van der Waals surface area contributed by atoms with Gasteiger partial charge in [-0.05, 0) is 65.2 Å². The molecular weight excluding hydrogens is 585 g/mol. The predicted molar refractivity (Wildman–Crippen MR) is 195 cm³/mol. The molecule has 0 atom stereocenters. The van der Waals surface area contributed by atoms with Gasteiger partial charge in [0.1, 0.15) is 6.07 Å². The van der Waals surface area contributed by atoms with Crippen LogP contribution in [-0.4, -0.2) is 9.13 Å². The standard InChI is InChI=1S/C44H26N4/c45-27-29-17-23-34(44(25-29)48-42-15-7-3-11-37(42)38-12-4-8-16-43(38)48)31-20-18-30(19-21-31)32-22-24-39(33(26-32)28-46)47-40-13-5-1-9-35(40)36-10-2-6-14-41(36)47/h1-26H. The van der Waals surface area contributed by atoms with E-state index in [0.717, 1.165) is 55.7 Å². The van der Waals surface area contributed by atoms with Crippen LogP contribution in [0.4, 0.5) is 0 Å². The molecular formula is C44H26N4. The number of aromatic nitrogens is 2. The summed E-state index contributed by atoms with van der Waals surface area (Å²) in [5, 5.41) is 24.9. The van der Waals surface area contributed by atoms with Gasteiger partial charge in [-0.3, -0.25) is 0 Å². The number of hydrogen-bond donors (Lipinski definition) is 0. The molecule has 0 fully saturated rings. The maximum atomic E-state index is 10.4. The average molecular weight is 611 g/mol. The van der Waals surface area contributed by atoms with Crippen LogP contribution in [0.1, 0.15) is 11.1 Å². The first-order valence-corrected chi connectivity index (χ1v) is 15.9. The zero-order valence-corrected chi connectivity index (χ0v) is 25.8. The highest BCUT2D eigenvalue weighted by atomic mass is 15.0. The zero-order valence-electron chi connectivity index (χ0n) is 25.8. The van der Waals surface area contributed by atoms with Crippen molar-refractivity contribution in [1.29, 1.82) is 10.5 Å². The van der Waals surface area contributed by atoms with Gasteiger partial charge in [0.2, 0.25) is 0 Å². The molecule has 0 unspecified atom stereocenters. The highest BCUT2D eigenvalue weighted by Gasteiger charge is 2.18. The Morgan fingerprint density at radius 1 is 0.375 bits per heavy atom. The Labute approximate surface area is 277 Å². The van der Waals surface area contributed by atoms with Gasteiger partial charge in [-0.2, -0.15) is 10.5 Å². The summed E-state index contributed by atoms with van der Waals surface area (Å²) in [6, 6.07) is 58.8. The third-order valence-corrected chi connectivity index (χ3v) is 9.42. The van der Waals surface area contributed by atoms with Gasteiger partial charge < -0.3 is 9.13 Å². The van der Waals surface area contributed by atoms with E-state index in [-0.39, 0.29) is 0 Å². The molecule has 4 nitrogen and oxygen atoms in total. The van der Waals surface area contributed by atoms with Crippen molar-refractivity contribution in [2.45, 2.75) is 0 Å². The maximum absolute atomic E-state index is 10.4. The van der Waals surface area contributed by atoms with Crippen molar-refractivity contribution in [3.63, 3.8) is 0 Å². The van der Waals surface area contributed by atoms with Crippen LogP contribution in [0.15, 0.2) is 158 Å². The van der Waals surface area contributed by atoms with Gasteiger partial charge in [-0.25, -0.2) is 0 Å². The lowest BCUT2D eigenvalue weighted by Crippen LogP contribution is -1.98. The molecule has 0 saturated carbocycles. The van der Waals surface area contributed by atoms with Gasteiger partial charge in [0.25, 0.3) is 0 Å². The van der Waals surface area contributed by atoms with E-state index in [4.69, 9.17) is 0 Å².